The topological polar surface area (TPSA) is 75.7 Å². The van der Waals surface area contributed by atoms with Crippen LogP contribution in [0.4, 0.5) is 0 Å². The van der Waals surface area contributed by atoms with Crippen molar-refractivity contribution in [1.29, 1.82) is 0 Å². The van der Waals surface area contributed by atoms with Gasteiger partial charge in [0.2, 0.25) is 10.0 Å². The van der Waals surface area contributed by atoms with E-state index in [2.05, 4.69) is 5.32 Å². The highest BCUT2D eigenvalue weighted by molar-refractivity contribution is 7.89. The normalized spacial score (nSPS) is 14.2. The van der Waals surface area contributed by atoms with Crippen LogP contribution in [-0.2, 0) is 23.1 Å². The zero-order valence-electron chi connectivity index (χ0n) is 17.5. The molecule has 0 aromatic heterocycles. The number of hydrogen-bond donors (Lipinski definition) is 1. The summed E-state index contributed by atoms with van der Waals surface area (Å²) in [4.78, 5) is 12.8. The Kier molecular flexibility index (Phi) is 6.50. The fourth-order valence-corrected chi connectivity index (χ4v) is 5.48. The Balaban J connectivity index is 1.57. The smallest absolute Gasteiger partial charge is 0.251 e. The van der Waals surface area contributed by atoms with E-state index in [1.807, 2.05) is 30.3 Å². The lowest BCUT2D eigenvalue weighted by Gasteiger charge is -2.21. The third-order valence-corrected chi connectivity index (χ3v) is 7.80. The second kappa shape index (κ2) is 9.32. The molecule has 0 aliphatic carbocycles. The molecule has 1 amide bonds. The van der Waals surface area contributed by atoms with Crippen molar-refractivity contribution in [3.05, 3.63) is 94.0 Å². The average Bonchev–Trinajstić information content (AvgIpc) is 3.02. The van der Waals surface area contributed by atoms with Crippen molar-refractivity contribution < 1.29 is 17.9 Å². The van der Waals surface area contributed by atoms with E-state index in [-0.39, 0.29) is 30.5 Å². The lowest BCUT2D eigenvalue weighted by atomic mass is 10.1. The minimum absolute atomic E-state index is 0.101. The second-order valence-electron chi connectivity index (χ2n) is 7.54. The molecule has 6 nitrogen and oxygen atoms in total. The number of hydrogen-bond acceptors (Lipinski definition) is 4. The zero-order valence-corrected chi connectivity index (χ0v) is 19.1. The molecule has 0 atom stereocenters. The van der Waals surface area contributed by atoms with Crippen LogP contribution in [0.1, 0.15) is 27.0 Å². The highest BCUT2D eigenvalue weighted by Crippen LogP contribution is 2.30. The Morgan fingerprint density at radius 3 is 2.66 bits per heavy atom. The standard InChI is InChI=1S/C24H23ClN2O4S/c1-17-21(25)8-5-9-23(17)32(29,30)27-12-13-31-22-11-10-19(14-20(22)16-27)24(28)26-15-18-6-3-2-4-7-18/h2-11,14H,12-13,15-16H2,1H3,(H,26,28). The summed E-state index contributed by atoms with van der Waals surface area (Å²) in [5, 5.41) is 3.29. The molecule has 3 aromatic carbocycles. The van der Waals surface area contributed by atoms with Gasteiger partial charge >= 0.3 is 0 Å². The van der Waals surface area contributed by atoms with Gasteiger partial charge in [0.05, 0.1) is 4.90 Å². The molecule has 1 heterocycles. The first kappa shape index (κ1) is 22.3. The van der Waals surface area contributed by atoms with Gasteiger partial charge in [0.15, 0.2) is 0 Å². The van der Waals surface area contributed by atoms with Crippen molar-refractivity contribution in [2.75, 3.05) is 13.2 Å². The van der Waals surface area contributed by atoms with Gasteiger partial charge in [0, 0.05) is 35.8 Å². The van der Waals surface area contributed by atoms with Gasteiger partial charge in [0.25, 0.3) is 5.91 Å². The molecule has 0 saturated carbocycles. The maximum atomic E-state index is 13.3. The van der Waals surface area contributed by atoms with Gasteiger partial charge in [-0.3, -0.25) is 4.79 Å². The fraction of sp³-hybridized carbons (Fsp3) is 0.208. The Labute approximate surface area is 192 Å². The van der Waals surface area contributed by atoms with E-state index >= 15 is 0 Å². The van der Waals surface area contributed by atoms with Crippen LogP contribution in [0.15, 0.2) is 71.6 Å². The molecule has 166 valence electrons. The van der Waals surface area contributed by atoms with Crippen molar-refractivity contribution in [2.24, 2.45) is 0 Å². The van der Waals surface area contributed by atoms with Gasteiger partial charge in [-0.25, -0.2) is 8.42 Å². The predicted octanol–water partition coefficient (Wildman–Crippen LogP) is 4.16. The lowest BCUT2D eigenvalue weighted by molar-refractivity contribution is 0.0950. The number of rotatable bonds is 5. The van der Waals surface area contributed by atoms with Crippen LogP contribution in [0.25, 0.3) is 0 Å². The summed E-state index contributed by atoms with van der Waals surface area (Å²) in [6.45, 7) is 2.60. The van der Waals surface area contributed by atoms with E-state index in [1.54, 1.807) is 43.3 Å². The molecule has 0 fully saturated rings. The second-order valence-corrected chi connectivity index (χ2v) is 9.85. The van der Waals surface area contributed by atoms with Crippen LogP contribution in [0.3, 0.4) is 0 Å². The molecule has 1 N–H and O–H groups in total. The summed E-state index contributed by atoms with van der Waals surface area (Å²) >= 11 is 6.15. The number of halogens is 1. The molecule has 0 radical (unpaired) electrons. The van der Waals surface area contributed by atoms with Gasteiger partial charge in [-0.2, -0.15) is 4.31 Å². The molecule has 0 bridgehead atoms. The van der Waals surface area contributed by atoms with E-state index < -0.39 is 10.0 Å². The largest absolute Gasteiger partial charge is 0.492 e. The Hall–Kier alpha value is -2.87. The number of carbonyl (C=O) groups is 1. The summed E-state index contributed by atoms with van der Waals surface area (Å²) in [5.74, 6) is 0.339. The molecule has 0 spiro atoms. The maximum Gasteiger partial charge on any atom is 0.251 e. The zero-order chi connectivity index (χ0) is 22.7. The van der Waals surface area contributed by atoms with E-state index in [4.69, 9.17) is 16.3 Å². The molecular weight excluding hydrogens is 448 g/mol. The number of carbonyl (C=O) groups excluding carboxylic acids is 1. The molecule has 32 heavy (non-hydrogen) atoms. The van der Waals surface area contributed by atoms with Gasteiger partial charge < -0.3 is 10.1 Å². The number of ether oxygens (including phenoxy) is 1. The molecule has 3 aromatic rings. The molecule has 0 saturated heterocycles. The highest BCUT2D eigenvalue weighted by atomic mass is 35.5. The minimum atomic E-state index is -3.79. The van der Waals surface area contributed by atoms with Crippen molar-refractivity contribution in [3.63, 3.8) is 0 Å². The van der Waals surface area contributed by atoms with E-state index in [1.165, 1.54) is 4.31 Å². The summed E-state index contributed by atoms with van der Waals surface area (Å²) in [6.07, 6.45) is 0. The lowest BCUT2D eigenvalue weighted by Crippen LogP contribution is -2.33. The molecule has 1 aliphatic rings. The van der Waals surface area contributed by atoms with Gasteiger partial charge in [-0.15, -0.1) is 0 Å². The van der Waals surface area contributed by atoms with Crippen LogP contribution < -0.4 is 10.1 Å². The van der Waals surface area contributed by atoms with Crippen LogP contribution in [0, 0.1) is 6.92 Å². The van der Waals surface area contributed by atoms with Crippen LogP contribution in [0.2, 0.25) is 5.02 Å². The number of nitrogens with zero attached hydrogens (tertiary/aromatic N) is 1. The van der Waals surface area contributed by atoms with E-state index in [9.17, 15) is 13.2 Å². The van der Waals surface area contributed by atoms with Crippen molar-refractivity contribution in [2.45, 2.75) is 24.9 Å². The van der Waals surface area contributed by atoms with Crippen LogP contribution in [0.5, 0.6) is 5.75 Å². The van der Waals surface area contributed by atoms with Crippen molar-refractivity contribution in [1.82, 2.24) is 9.62 Å². The monoisotopic (exact) mass is 470 g/mol. The molecule has 4 rings (SSSR count). The summed E-state index contributed by atoms with van der Waals surface area (Å²) < 4.78 is 33.8. The predicted molar refractivity (Wildman–Crippen MR) is 123 cm³/mol. The van der Waals surface area contributed by atoms with Crippen LogP contribution >= 0.6 is 11.6 Å². The first-order valence-electron chi connectivity index (χ1n) is 10.2. The number of sulfonamides is 1. The van der Waals surface area contributed by atoms with Crippen molar-refractivity contribution >= 4 is 27.5 Å². The average molecular weight is 471 g/mol. The molecule has 1 aliphatic heterocycles. The summed E-state index contributed by atoms with van der Waals surface area (Å²) in [7, 11) is -3.79. The van der Waals surface area contributed by atoms with Gasteiger partial charge in [-0.1, -0.05) is 48.0 Å². The van der Waals surface area contributed by atoms with Crippen LogP contribution in [-0.4, -0.2) is 31.8 Å². The quantitative estimate of drug-likeness (QED) is 0.607. The third-order valence-electron chi connectivity index (χ3n) is 5.40. The first-order chi connectivity index (χ1) is 15.4. The first-order valence-corrected chi connectivity index (χ1v) is 12.0. The maximum absolute atomic E-state index is 13.3. The SMILES string of the molecule is Cc1c(Cl)cccc1S(=O)(=O)N1CCOc2ccc(C(=O)NCc3ccccc3)cc2C1. The Morgan fingerprint density at radius 1 is 1.09 bits per heavy atom. The number of benzene rings is 3. The van der Waals surface area contributed by atoms with E-state index in [0.29, 0.717) is 34.0 Å². The summed E-state index contributed by atoms with van der Waals surface area (Å²) in [6, 6.07) is 19.6. The number of amides is 1. The van der Waals surface area contributed by atoms with Gasteiger partial charge in [-0.05, 0) is 48.4 Å². The molecular formula is C24H23ClN2O4S. The fourth-order valence-electron chi connectivity index (χ4n) is 3.60. The minimum Gasteiger partial charge on any atom is -0.492 e. The number of nitrogens with one attached hydrogen (secondary N) is 1. The van der Waals surface area contributed by atoms with Gasteiger partial charge in [0.1, 0.15) is 12.4 Å². The summed E-state index contributed by atoms with van der Waals surface area (Å²) in [5.41, 5.74) is 2.58. The Bertz CT molecular complexity index is 1250. The molecule has 8 heteroatoms. The molecule has 0 unspecified atom stereocenters. The third kappa shape index (κ3) is 4.65. The Morgan fingerprint density at radius 2 is 1.88 bits per heavy atom. The number of fused-ring (bicyclic) bond motifs is 1. The van der Waals surface area contributed by atoms with Crippen molar-refractivity contribution in [3.8, 4) is 5.75 Å². The van der Waals surface area contributed by atoms with E-state index in [0.717, 1.165) is 5.56 Å². The highest BCUT2D eigenvalue weighted by Gasteiger charge is 2.29.